The van der Waals surface area contributed by atoms with Gasteiger partial charge in [0, 0.05) is 30.1 Å². The maximum Gasteiger partial charge on any atom is 0.113 e. The molecule has 45 heavy (non-hydrogen) atoms. The van der Waals surface area contributed by atoms with Crippen molar-refractivity contribution in [1.29, 1.82) is 0 Å². The molecule has 0 radical (unpaired) electrons. The van der Waals surface area contributed by atoms with Crippen molar-refractivity contribution in [2.24, 2.45) is 0 Å². The molecule has 4 fully saturated rings. The van der Waals surface area contributed by atoms with Gasteiger partial charge >= 0.3 is 0 Å². The lowest BCUT2D eigenvalue weighted by molar-refractivity contribution is 0.474. The van der Waals surface area contributed by atoms with Gasteiger partial charge in [-0.2, -0.15) is 0 Å². The highest BCUT2D eigenvalue weighted by molar-refractivity contribution is 7.77. The minimum absolute atomic E-state index is 0.698. The van der Waals surface area contributed by atoms with Crippen LogP contribution < -0.4 is 9.80 Å². The lowest BCUT2D eigenvalue weighted by Gasteiger charge is -2.52. The first-order valence-electron chi connectivity index (χ1n) is 18.3. The Bertz CT molecular complexity index is 1450. The van der Waals surface area contributed by atoms with E-state index in [1.165, 1.54) is 118 Å². The van der Waals surface area contributed by atoms with Crippen LogP contribution in [-0.4, -0.2) is 35.9 Å². The summed E-state index contributed by atoms with van der Waals surface area (Å²) in [5, 5.41) is 0. The quantitative estimate of drug-likeness (QED) is 0.254. The second kappa shape index (κ2) is 14.0. The predicted molar refractivity (Wildman–Crippen MR) is 199 cm³/mol. The molecule has 3 heteroatoms. The summed E-state index contributed by atoms with van der Waals surface area (Å²) < 4.78 is 0. The van der Waals surface area contributed by atoms with E-state index < -0.39 is 6.89 Å². The second-order valence-corrected chi connectivity index (χ2v) is 18.6. The highest BCUT2D eigenvalue weighted by Gasteiger charge is 2.46. The van der Waals surface area contributed by atoms with Crippen LogP contribution in [0, 0.1) is 13.8 Å². The number of para-hydroxylation sites is 2. The van der Waals surface area contributed by atoms with Crippen LogP contribution in [0.4, 0.5) is 11.4 Å². The predicted octanol–water partition coefficient (Wildman–Crippen LogP) is 11.3. The van der Waals surface area contributed by atoms with Crippen molar-refractivity contribution < 1.29 is 0 Å². The van der Waals surface area contributed by atoms with E-state index in [1.807, 2.05) is 5.57 Å². The molecule has 4 aliphatic rings. The van der Waals surface area contributed by atoms with Gasteiger partial charge in [-0.05, 0) is 105 Å². The molecule has 1 heterocycles. The molecule has 238 valence electrons. The van der Waals surface area contributed by atoms with Gasteiger partial charge in [-0.1, -0.05) is 124 Å². The minimum Gasteiger partial charge on any atom is -0.326 e. The Balaban J connectivity index is 1.49. The molecule has 0 amide bonds. The third-order valence-corrected chi connectivity index (χ3v) is 17.8. The number of rotatable bonds is 6. The third-order valence-electron chi connectivity index (χ3n) is 11.9. The van der Waals surface area contributed by atoms with Crippen molar-refractivity contribution in [3.63, 3.8) is 0 Å². The van der Waals surface area contributed by atoms with Gasteiger partial charge in [0.25, 0.3) is 0 Å². The van der Waals surface area contributed by atoms with Gasteiger partial charge in [-0.15, -0.1) is 0 Å². The number of aryl methyl sites for hydroxylation is 2. The average Bonchev–Trinajstić information content (AvgIpc) is 3.53. The van der Waals surface area contributed by atoms with E-state index >= 15 is 0 Å². The molecular formula is C42H55N2P. The van der Waals surface area contributed by atoms with E-state index in [0.717, 1.165) is 24.4 Å². The number of benzene rings is 3. The Morgan fingerprint density at radius 2 is 1.04 bits per heavy atom. The van der Waals surface area contributed by atoms with Gasteiger partial charge in [0.15, 0.2) is 0 Å². The lowest BCUT2D eigenvalue weighted by Crippen LogP contribution is -2.37. The van der Waals surface area contributed by atoms with Crippen LogP contribution >= 0.6 is 6.89 Å². The van der Waals surface area contributed by atoms with Gasteiger partial charge in [0.2, 0.25) is 0 Å². The molecule has 2 nitrogen and oxygen atoms in total. The first kappa shape index (κ1) is 30.9. The van der Waals surface area contributed by atoms with Crippen LogP contribution in [0.15, 0.2) is 90.3 Å². The summed E-state index contributed by atoms with van der Waals surface area (Å²) in [5.41, 5.74) is 11.4. The molecule has 3 saturated carbocycles. The Kier molecular flexibility index (Phi) is 9.60. The van der Waals surface area contributed by atoms with Gasteiger partial charge in [0.1, 0.15) is 5.82 Å². The monoisotopic (exact) mass is 618 g/mol. The van der Waals surface area contributed by atoms with Crippen molar-refractivity contribution in [2.45, 2.75) is 121 Å². The molecule has 3 aromatic rings. The molecule has 0 spiro atoms. The molecule has 1 aliphatic heterocycles. The van der Waals surface area contributed by atoms with Crippen LogP contribution in [0.3, 0.4) is 0 Å². The van der Waals surface area contributed by atoms with Gasteiger partial charge < -0.3 is 9.80 Å². The van der Waals surface area contributed by atoms with Gasteiger partial charge in [-0.3, -0.25) is 0 Å². The fourth-order valence-electron chi connectivity index (χ4n) is 9.82. The topological polar surface area (TPSA) is 6.48 Å². The zero-order chi connectivity index (χ0) is 30.6. The number of hydrogen-bond acceptors (Lipinski definition) is 2. The lowest BCUT2D eigenvalue weighted by atomic mass is 9.93. The third kappa shape index (κ3) is 6.10. The smallest absolute Gasteiger partial charge is 0.113 e. The van der Waals surface area contributed by atoms with E-state index in [1.54, 1.807) is 5.82 Å². The first-order valence-corrected chi connectivity index (χ1v) is 20.4. The van der Waals surface area contributed by atoms with Crippen molar-refractivity contribution >= 4 is 24.1 Å². The van der Waals surface area contributed by atoms with Crippen molar-refractivity contribution in [3.05, 3.63) is 107 Å². The zero-order valence-corrected chi connectivity index (χ0v) is 28.9. The van der Waals surface area contributed by atoms with Crippen LogP contribution in [0.5, 0.6) is 0 Å². The Hall–Kier alpha value is -2.70. The zero-order valence-electron chi connectivity index (χ0n) is 28.0. The van der Waals surface area contributed by atoms with Gasteiger partial charge in [0.05, 0.1) is 0 Å². The van der Waals surface area contributed by atoms with E-state index in [-0.39, 0.29) is 0 Å². The second-order valence-electron chi connectivity index (χ2n) is 14.5. The number of nitrogens with zero attached hydrogens (tertiary/aromatic N) is 2. The first-order chi connectivity index (χ1) is 22.2. The van der Waals surface area contributed by atoms with E-state index in [4.69, 9.17) is 0 Å². The number of hydrogen-bond donors (Lipinski definition) is 0. The van der Waals surface area contributed by atoms with Crippen molar-refractivity contribution in [2.75, 3.05) is 22.9 Å². The molecule has 1 unspecified atom stereocenters. The van der Waals surface area contributed by atoms with E-state index in [2.05, 4.69) is 108 Å². The number of allylic oxidation sites excluding steroid dienone is 1. The molecule has 1 saturated heterocycles. The highest BCUT2D eigenvalue weighted by atomic mass is 31.2. The van der Waals surface area contributed by atoms with Gasteiger partial charge in [-0.25, -0.2) is 0 Å². The summed E-state index contributed by atoms with van der Waals surface area (Å²) in [6.45, 7) is 5.21. The highest BCUT2D eigenvalue weighted by Crippen LogP contribution is 2.70. The molecule has 3 aromatic carbocycles. The summed E-state index contributed by atoms with van der Waals surface area (Å²) in [5.74, 6) is 4.56. The van der Waals surface area contributed by atoms with Crippen molar-refractivity contribution in [1.82, 2.24) is 0 Å². The summed E-state index contributed by atoms with van der Waals surface area (Å²) in [6, 6.07) is 30.0. The minimum atomic E-state index is -1.55. The van der Waals surface area contributed by atoms with Crippen molar-refractivity contribution in [3.8, 4) is 0 Å². The summed E-state index contributed by atoms with van der Waals surface area (Å²) >= 11 is 0. The largest absolute Gasteiger partial charge is 0.326 e. The molecule has 0 bridgehead atoms. The average molecular weight is 619 g/mol. The summed E-state index contributed by atoms with van der Waals surface area (Å²) in [6.07, 6.45) is 19.8. The Morgan fingerprint density at radius 3 is 1.58 bits per heavy atom. The SMILES string of the molecule is Cc1ccccc1N1CCN(c2ccccc2C)C1=C1CCCCC1P(=Cc1ccccc1)(C1CCCCC1)C1CCCCC1. The number of anilines is 2. The molecule has 3 aliphatic carbocycles. The van der Waals surface area contributed by atoms with E-state index in [9.17, 15) is 0 Å². The summed E-state index contributed by atoms with van der Waals surface area (Å²) in [7, 11) is 0. The molecule has 0 N–H and O–H groups in total. The molecule has 0 aromatic heterocycles. The standard InChI is InChI=1S/C42H55N2P/c1-33-18-12-15-27-39(33)43-30-31-44(40-28-16-13-19-34(40)2)42(43)38-26-14-17-29-41(38)45(36-22-8-4-9-23-36,37-24-10-5-11-25-37)32-35-20-6-3-7-21-35/h3,6-7,12-13,15-16,18-21,27-28,32,36-37,41H,4-5,8-11,14,17,22-26,29-31H2,1-2H3. The maximum atomic E-state index is 3.00. The van der Waals surface area contributed by atoms with Crippen LogP contribution in [0.1, 0.15) is 107 Å². The summed E-state index contributed by atoms with van der Waals surface area (Å²) in [4.78, 5) is 5.52. The Morgan fingerprint density at radius 1 is 0.556 bits per heavy atom. The van der Waals surface area contributed by atoms with E-state index in [0.29, 0.717) is 5.66 Å². The van der Waals surface area contributed by atoms with Crippen LogP contribution in [0.2, 0.25) is 0 Å². The molecule has 1 atom stereocenters. The van der Waals surface area contributed by atoms with Crippen LogP contribution in [-0.2, 0) is 0 Å². The fourth-order valence-corrected chi connectivity index (χ4v) is 16.7. The van der Waals surface area contributed by atoms with Crippen LogP contribution in [0.25, 0.3) is 0 Å². The normalized spacial score (nSPS) is 22.2. The molecular weight excluding hydrogens is 563 g/mol. The maximum absolute atomic E-state index is 3.00. The fraction of sp³-hybridized carbons (Fsp3) is 0.500. The Labute approximate surface area is 273 Å². The molecule has 7 rings (SSSR count).